The minimum atomic E-state index is -4.49. The third-order valence-corrected chi connectivity index (χ3v) is 6.39. The first kappa shape index (κ1) is 20.2. The summed E-state index contributed by atoms with van der Waals surface area (Å²) >= 11 is 1.35. The number of ether oxygens (including phenoxy) is 1. The molecule has 0 N–H and O–H groups in total. The summed E-state index contributed by atoms with van der Waals surface area (Å²) in [7, 11) is 0. The van der Waals surface area contributed by atoms with Crippen LogP contribution < -0.4 is 0 Å². The number of carbonyl (C=O) groups is 1. The maximum atomic E-state index is 13.0. The number of fused-ring (bicyclic) bond motifs is 2. The van der Waals surface area contributed by atoms with Gasteiger partial charge < -0.3 is 14.5 Å². The third kappa shape index (κ3) is 3.63. The molecule has 3 aromatic rings. The molecule has 0 aromatic carbocycles. The van der Waals surface area contributed by atoms with E-state index >= 15 is 0 Å². The fourth-order valence-electron chi connectivity index (χ4n) is 4.07. The Morgan fingerprint density at radius 1 is 1.29 bits per heavy atom. The van der Waals surface area contributed by atoms with Gasteiger partial charge in [0.05, 0.1) is 48.0 Å². The minimum absolute atomic E-state index is 0.111. The van der Waals surface area contributed by atoms with Gasteiger partial charge in [0, 0.05) is 24.8 Å². The van der Waals surface area contributed by atoms with Gasteiger partial charge in [0.2, 0.25) is 0 Å². The summed E-state index contributed by atoms with van der Waals surface area (Å²) in [6, 6.07) is 3.28. The highest BCUT2D eigenvalue weighted by atomic mass is 32.1. The van der Waals surface area contributed by atoms with E-state index in [0.717, 1.165) is 27.2 Å². The lowest BCUT2D eigenvalue weighted by Gasteiger charge is -2.39. The SMILES string of the molecule is C[C@H]1CN(C(=O)N2CCOC(C(F)(F)F)C2)Cc2cc(-c3ccnc4cnsc34)nn21. The van der Waals surface area contributed by atoms with Crippen LogP contribution in [0.2, 0.25) is 0 Å². The number of hydrogen-bond donors (Lipinski definition) is 0. The summed E-state index contributed by atoms with van der Waals surface area (Å²) < 4.78 is 50.9. The second kappa shape index (κ2) is 7.45. The maximum Gasteiger partial charge on any atom is 0.416 e. The van der Waals surface area contributed by atoms with Crippen molar-refractivity contribution < 1.29 is 22.7 Å². The average molecular weight is 452 g/mol. The number of rotatable bonds is 1. The second-order valence-corrected chi connectivity index (χ2v) is 8.52. The monoisotopic (exact) mass is 452 g/mol. The number of halogens is 3. The van der Waals surface area contributed by atoms with Gasteiger partial charge in [-0.05, 0) is 30.6 Å². The van der Waals surface area contributed by atoms with Crippen molar-refractivity contribution in [1.82, 2.24) is 28.9 Å². The van der Waals surface area contributed by atoms with Crippen molar-refractivity contribution in [2.75, 3.05) is 26.2 Å². The molecule has 164 valence electrons. The van der Waals surface area contributed by atoms with E-state index in [2.05, 4.69) is 9.36 Å². The zero-order valence-corrected chi connectivity index (χ0v) is 17.4. The Balaban J connectivity index is 1.38. The van der Waals surface area contributed by atoms with Gasteiger partial charge in [-0.15, -0.1) is 0 Å². The zero-order chi connectivity index (χ0) is 21.8. The summed E-state index contributed by atoms with van der Waals surface area (Å²) in [5.41, 5.74) is 3.30. The molecule has 2 amide bonds. The van der Waals surface area contributed by atoms with Gasteiger partial charge >= 0.3 is 12.2 Å². The molecule has 5 heterocycles. The fourth-order valence-corrected chi connectivity index (χ4v) is 4.80. The molecular formula is C19H19F3N6O2S. The Labute approximate surface area is 179 Å². The van der Waals surface area contributed by atoms with E-state index < -0.39 is 24.9 Å². The molecule has 0 spiro atoms. The van der Waals surface area contributed by atoms with Gasteiger partial charge in [-0.2, -0.15) is 22.6 Å². The van der Waals surface area contributed by atoms with Crippen molar-refractivity contribution in [1.29, 1.82) is 0 Å². The molecule has 5 rings (SSSR count). The predicted octanol–water partition coefficient (Wildman–Crippen LogP) is 3.31. The summed E-state index contributed by atoms with van der Waals surface area (Å²) in [6.07, 6.45) is -3.02. The molecule has 0 bridgehead atoms. The van der Waals surface area contributed by atoms with Crippen LogP contribution in [0.4, 0.5) is 18.0 Å². The lowest BCUT2D eigenvalue weighted by Crippen LogP contribution is -2.55. The van der Waals surface area contributed by atoms with Crippen molar-refractivity contribution >= 4 is 27.8 Å². The Kier molecular flexibility index (Phi) is 4.85. The predicted molar refractivity (Wildman–Crippen MR) is 107 cm³/mol. The first-order valence-corrected chi connectivity index (χ1v) is 10.6. The number of nitrogens with zero attached hydrogens (tertiary/aromatic N) is 6. The van der Waals surface area contributed by atoms with Crippen LogP contribution in [0.3, 0.4) is 0 Å². The van der Waals surface area contributed by atoms with E-state index in [4.69, 9.17) is 9.84 Å². The molecular weight excluding hydrogens is 433 g/mol. The van der Waals surface area contributed by atoms with Gasteiger partial charge in [0.15, 0.2) is 6.10 Å². The van der Waals surface area contributed by atoms with Gasteiger partial charge in [-0.1, -0.05) is 0 Å². The highest BCUT2D eigenvalue weighted by molar-refractivity contribution is 7.13. The highest BCUT2D eigenvalue weighted by Crippen LogP contribution is 2.32. The highest BCUT2D eigenvalue weighted by Gasteiger charge is 2.45. The fraction of sp³-hybridized carbons (Fsp3) is 0.474. The number of hydrogen-bond acceptors (Lipinski definition) is 6. The summed E-state index contributed by atoms with van der Waals surface area (Å²) in [5.74, 6) is 0. The summed E-state index contributed by atoms with van der Waals surface area (Å²) in [5, 5.41) is 4.73. The molecule has 2 aliphatic heterocycles. The molecule has 0 radical (unpaired) electrons. The van der Waals surface area contributed by atoms with Crippen LogP contribution >= 0.6 is 11.5 Å². The van der Waals surface area contributed by atoms with E-state index in [0.29, 0.717) is 6.54 Å². The summed E-state index contributed by atoms with van der Waals surface area (Å²) in [4.78, 5) is 20.1. The normalized spacial score (nSPS) is 22.1. The molecule has 0 aliphatic carbocycles. The molecule has 2 atom stereocenters. The number of morpholine rings is 1. The number of carbonyl (C=O) groups excluding carboxylic acids is 1. The smallest absolute Gasteiger partial charge is 0.365 e. The summed E-state index contributed by atoms with van der Waals surface area (Å²) in [6.45, 7) is 2.11. The number of urea groups is 1. The largest absolute Gasteiger partial charge is 0.416 e. The Morgan fingerprint density at radius 3 is 2.94 bits per heavy atom. The quantitative estimate of drug-likeness (QED) is 0.566. The Bertz CT molecular complexity index is 1130. The van der Waals surface area contributed by atoms with Gasteiger partial charge in [0.1, 0.15) is 5.52 Å². The maximum absolute atomic E-state index is 13.0. The third-order valence-electron chi connectivity index (χ3n) is 5.57. The second-order valence-electron chi connectivity index (χ2n) is 7.72. The number of aromatic nitrogens is 4. The van der Waals surface area contributed by atoms with Crippen LogP contribution in [-0.4, -0.2) is 73.5 Å². The van der Waals surface area contributed by atoms with Crippen LogP contribution in [0.25, 0.3) is 21.5 Å². The molecule has 3 aromatic heterocycles. The molecule has 1 saturated heterocycles. The van der Waals surface area contributed by atoms with Crippen molar-refractivity contribution in [3.63, 3.8) is 0 Å². The zero-order valence-electron chi connectivity index (χ0n) is 16.5. The number of amides is 2. The molecule has 1 unspecified atom stereocenters. The number of alkyl halides is 3. The molecule has 1 fully saturated rings. The van der Waals surface area contributed by atoms with Crippen LogP contribution in [-0.2, 0) is 11.3 Å². The van der Waals surface area contributed by atoms with Gasteiger partial charge in [0.25, 0.3) is 0 Å². The number of pyridine rings is 1. The lowest BCUT2D eigenvalue weighted by molar-refractivity contribution is -0.234. The molecule has 12 heteroatoms. The van der Waals surface area contributed by atoms with E-state index in [1.54, 1.807) is 17.3 Å². The topological polar surface area (TPSA) is 76.4 Å². The van der Waals surface area contributed by atoms with Gasteiger partial charge in [-0.25, -0.2) is 4.79 Å². The van der Waals surface area contributed by atoms with Crippen molar-refractivity contribution in [2.24, 2.45) is 0 Å². The van der Waals surface area contributed by atoms with E-state index in [1.807, 2.05) is 23.7 Å². The molecule has 0 saturated carbocycles. The average Bonchev–Trinajstić information content (AvgIpc) is 3.39. The molecule has 2 aliphatic rings. The Hall–Kier alpha value is -2.73. The minimum Gasteiger partial charge on any atom is -0.365 e. The lowest BCUT2D eigenvalue weighted by atomic mass is 10.1. The van der Waals surface area contributed by atoms with Crippen LogP contribution in [0.5, 0.6) is 0 Å². The standard InChI is InChI=1S/C19H19F3N6O2S/c1-11-8-27(18(29)26-4-5-30-16(10-26)19(20,21)22)9-12-6-14(25-28(11)12)13-2-3-23-15-7-24-31-17(13)15/h2-3,6-7,11,16H,4-5,8-10H2,1H3/t11-,16?/m0/s1. The first-order chi connectivity index (χ1) is 14.8. The van der Waals surface area contributed by atoms with E-state index in [1.165, 1.54) is 16.4 Å². The molecule has 8 nitrogen and oxygen atoms in total. The van der Waals surface area contributed by atoms with Crippen molar-refractivity contribution in [2.45, 2.75) is 31.8 Å². The first-order valence-electron chi connectivity index (χ1n) is 9.81. The molecule has 31 heavy (non-hydrogen) atoms. The van der Waals surface area contributed by atoms with Gasteiger partial charge in [-0.3, -0.25) is 9.67 Å². The van der Waals surface area contributed by atoms with E-state index in [9.17, 15) is 18.0 Å². The van der Waals surface area contributed by atoms with Crippen molar-refractivity contribution in [3.8, 4) is 11.3 Å². The van der Waals surface area contributed by atoms with Crippen LogP contribution in [0.15, 0.2) is 24.5 Å². The Morgan fingerprint density at radius 2 is 2.13 bits per heavy atom. The van der Waals surface area contributed by atoms with Crippen LogP contribution in [0.1, 0.15) is 18.7 Å². The van der Waals surface area contributed by atoms with E-state index in [-0.39, 0.29) is 25.7 Å². The van der Waals surface area contributed by atoms with Crippen molar-refractivity contribution in [3.05, 3.63) is 30.2 Å². The van der Waals surface area contributed by atoms with Crippen LogP contribution in [0, 0.1) is 0 Å².